The smallest absolute Gasteiger partial charge is 0.125 e. The van der Waals surface area contributed by atoms with Crippen LogP contribution in [0, 0.1) is 0 Å². The van der Waals surface area contributed by atoms with E-state index in [0.717, 1.165) is 22.4 Å². The van der Waals surface area contributed by atoms with Crippen LogP contribution in [0.15, 0.2) is 22.7 Å². The highest BCUT2D eigenvalue weighted by Gasteiger charge is 2.43. The Kier molecular flexibility index (Phi) is 3.13. The van der Waals surface area contributed by atoms with Crippen LogP contribution in [0.5, 0.6) is 5.75 Å². The highest BCUT2D eigenvalue weighted by molar-refractivity contribution is 9.10. The van der Waals surface area contributed by atoms with Crippen LogP contribution in [-0.2, 0) is 0 Å². The van der Waals surface area contributed by atoms with E-state index in [2.05, 4.69) is 39.4 Å². The third kappa shape index (κ3) is 2.11. The van der Waals surface area contributed by atoms with Gasteiger partial charge in [-0.2, -0.15) is 11.8 Å². The lowest BCUT2D eigenvalue weighted by Gasteiger charge is -2.39. The van der Waals surface area contributed by atoms with Crippen LogP contribution in [0.2, 0.25) is 0 Å². The molecular weight excluding hydrogens is 298 g/mol. The molecule has 1 saturated heterocycles. The normalized spacial score (nSPS) is 31.3. The summed E-state index contributed by atoms with van der Waals surface area (Å²) < 4.78 is 7.41. The maximum Gasteiger partial charge on any atom is 0.125 e. The molecule has 0 bridgehead atoms. The van der Waals surface area contributed by atoms with Crippen molar-refractivity contribution in [2.24, 2.45) is 0 Å². The predicted octanol–water partition coefficient (Wildman–Crippen LogP) is 3.37. The van der Waals surface area contributed by atoms with Gasteiger partial charge >= 0.3 is 0 Å². The summed E-state index contributed by atoms with van der Waals surface area (Å²) in [4.78, 5) is 0. The number of rotatable bonds is 1. The lowest BCUT2D eigenvalue weighted by molar-refractivity contribution is 0.0565. The van der Waals surface area contributed by atoms with Crippen LogP contribution in [0.3, 0.4) is 0 Å². The van der Waals surface area contributed by atoms with Crippen molar-refractivity contribution in [2.45, 2.75) is 24.5 Å². The summed E-state index contributed by atoms with van der Waals surface area (Å²) >= 11 is 5.54. The molecule has 1 spiro atoms. The number of thioether (sulfide) groups is 1. The van der Waals surface area contributed by atoms with Crippen LogP contribution in [0.1, 0.15) is 24.4 Å². The third-order valence-corrected chi connectivity index (χ3v) is 5.38. The molecule has 1 aromatic rings. The first-order chi connectivity index (χ1) is 8.22. The number of hydrogen-bond acceptors (Lipinski definition) is 3. The molecule has 1 aromatic carbocycles. The summed E-state index contributed by atoms with van der Waals surface area (Å²) in [6.07, 6.45) is 2.26. The zero-order valence-electron chi connectivity index (χ0n) is 9.83. The fourth-order valence-corrected chi connectivity index (χ4v) is 4.46. The van der Waals surface area contributed by atoms with Gasteiger partial charge < -0.3 is 10.1 Å². The van der Waals surface area contributed by atoms with Crippen molar-refractivity contribution in [3.05, 3.63) is 28.2 Å². The van der Waals surface area contributed by atoms with Gasteiger partial charge in [0.15, 0.2) is 0 Å². The van der Waals surface area contributed by atoms with Gasteiger partial charge in [-0.05, 0) is 37.4 Å². The summed E-state index contributed by atoms with van der Waals surface area (Å²) in [5, 5.41) is 3.43. The molecule has 3 rings (SSSR count). The van der Waals surface area contributed by atoms with Crippen molar-refractivity contribution in [3.63, 3.8) is 0 Å². The predicted molar refractivity (Wildman–Crippen MR) is 75.9 cm³/mol. The highest BCUT2D eigenvalue weighted by atomic mass is 79.9. The van der Waals surface area contributed by atoms with Crippen LogP contribution < -0.4 is 10.1 Å². The summed E-state index contributed by atoms with van der Waals surface area (Å²) in [6, 6.07) is 6.74. The maximum atomic E-state index is 6.29. The molecule has 1 fully saturated rings. The number of hydrogen-bond donors (Lipinski definition) is 1. The number of nitrogens with one attached hydrogen (secondary N) is 1. The average molecular weight is 314 g/mol. The van der Waals surface area contributed by atoms with Gasteiger partial charge in [0.1, 0.15) is 11.4 Å². The minimum atomic E-state index is 0.0686. The number of ether oxygens (including phenoxy) is 1. The Morgan fingerprint density at radius 2 is 2.41 bits per heavy atom. The summed E-state index contributed by atoms with van der Waals surface area (Å²) in [5.74, 6) is 3.41. The molecule has 0 saturated carbocycles. The van der Waals surface area contributed by atoms with E-state index in [9.17, 15) is 0 Å². The van der Waals surface area contributed by atoms with E-state index < -0.39 is 0 Å². The van der Waals surface area contributed by atoms with Crippen molar-refractivity contribution in [3.8, 4) is 5.75 Å². The van der Waals surface area contributed by atoms with Crippen LogP contribution in [0.25, 0.3) is 0 Å². The Morgan fingerprint density at radius 1 is 1.53 bits per heavy atom. The molecule has 2 nitrogen and oxygen atoms in total. The fraction of sp³-hybridized carbons (Fsp3) is 0.538. The molecule has 2 heterocycles. The third-order valence-electron chi connectivity index (χ3n) is 3.67. The molecule has 2 unspecified atom stereocenters. The maximum absolute atomic E-state index is 6.29. The Labute approximate surface area is 115 Å². The minimum Gasteiger partial charge on any atom is -0.486 e. The zero-order valence-corrected chi connectivity index (χ0v) is 12.2. The van der Waals surface area contributed by atoms with Crippen LogP contribution >= 0.6 is 27.7 Å². The summed E-state index contributed by atoms with van der Waals surface area (Å²) in [5.41, 5.74) is 1.35. The van der Waals surface area contributed by atoms with Crippen LogP contribution in [0.4, 0.5) is 0 Å². The second-order valence-electron chi connectivity index (χ2n) is 4.82. The average Bonchev–Trinajstić information content (AvgIpc) is 2.77. The van der Waals surface area contributed by atoms with Gasteiger partial charge in [0.25, 0.3) is 0 Å². The molecule has 92 valence electrons. The van der Waals surface area contributed by atoms with E-state index >= 15 is 0 Å². The van der Waals surface area contributed by atoms with E-state index in [1.165, 1.54) is 17.7 Å². The van der Waals surface area contributed by atoms with E-state index in [1.54, 1.807) is 0 Å². The van der Waals surface area contributed by atoms with Crippen molar-refractivity contribution >= 4 is 27.7 Å². The highest BCUT2D eigenvalue weighted by Crippen LogP contribution is 2.46. The van der Waals surface area contributed by atoms with Gasteiger partial charge in [-0.15, -0.1) is 0 Å². The fourth-order valence-electron chi connectivity index (χ4n) is 2.73. The second-order valence-corrected chi connectivity index (χ2v) is 6.84. The molecular formula is C13H16BrNOS. The second kappa shape index (κ2) is 4.48. The van der Waals surface area contributed by atoms with Gasteiger partial charge in [0, 0.05) is 28.3 Å². The Bertz CT molecular complexity index is 431. The van der Waals surface area contributed by atoms with Gasteiger partial charge in [-0.1, -0.05) is 15.9 Å². The quantitative estimate of drug-likeness (QED) is 0.859. The summed E-state index contributed by atoms with van der Waals surface area (Å²) in [7, 11) is 2.04. The molecule has 2 atom stereocenters. The van der Waals surface area contributed by atoms with Crippen molar-refractivity contribution in [2.75, 3.05) is 18.6 Å². The standard InChI is InChI=1S/C13H16BrNOS/c1-15-11-7-13(4-5-17-8-13)16-12-3-2-9(14)6-10(11)12/h2-3,6,11,15H,4-5,7-8H2,1H3. The van der Waals surface area contributed by atoms with E-state index in [0.29, 0.717) is 6.04 Å². The Balaban J connectivity index is 2.00. The number of halogens is 1. The number of fused-ring (bicyclic) bond motifs is 1. The molecule has 0 amide bonds. The van der Waals surface area contributed by atoms with Gasteiger partial charge in [-0.3, -0.25) is 0 Å². The molecule has 2 aliphatic rings. The first-order valence-corrected chi connectivity index (χ1v) is 7.91. The molecule has 0 radical (unpaired) electrons. The molecule has 2 aliphatic heterocycles. The molecule has 4 heteroatoms. The largest absolute Gasteiger partial charge is 0.486 e. The van der Waals surface area contributed by atoms with Gasteiger partial charge in [-0.25, -0.2) is 0 Å². The molecule has 0 aromatic heterocycles. The number of benzene rings is 1. The molecule has 17 heavy (non-hydrogen) atoms. The summed E-state index contributed by atoms with van der Waals surface area (Å²) in [6.45, 7) is 0. The first-order valence-electron chi connectivity index (χ1n) is 5.96. The van der Waals surface area contributed by atoms with Gasteiger partial charge in [0.05, 0.1) is 0 Å². The lowest BCUT2D eigenvalue weighted by Crippen LogP contribution is -2.43. The SMILES string of the molecule is CNC1CC2(CCSC2)Oc2ccc(Br)cc21. The lowest BCUT2D eigenvalue weighted by atomic mass is 9.87. The van der Waals surface area contributed by atoms with Crippen LogP contribution in [-0.4, -0.2) is 24.2 Å². The Hall–Kier alpha value is -0.190. The topological polar surface area (TPSA) is 21.3 Å². The van der Waals surface area contributed by atoms with Crippen molar-refractivity contribution in [1.82, 2.24) is 5.32 Å². The van der Waals surface area contributed by atoms with Crippen molar-refractivity contribution in [1.29, 1.82) is 0 Å². The van der Waals surface area contributed by atoms with E-state index in [-0.39, 0.29) is 5.60 Å². The van der Waals surface area contributed by atoms with E-state index in [1.807, 2.05) is 18.8 Å². The van der Waals surface area contributed by atoms with Crippen molar-refractivity contribution < 1.29 is 4.74 Å². The minimum absolute atomic E-state index is 0.0686. The monoisotopic (exact) mass is 313 g/mol. The van der Waals surface area contributed by atoms with Gasteiger partial charge in [0.2, 0.25) is 0 Å². The molecule has 0 aliphatic carbocycles. The zero-order chi connectivity index (χ0) is 11.9. The Morgan fingerprint density at radius 3 is 3.12 bits per heavy atom. The molecule has 1 N–H and O–H groups in total. The van der Waals surface area contributed by atoms with E-state index in [4.69, 9.17) is 4.74 Å². The first kappa shape index (κ1) is 11.9.